The molecule has 1 aromatic carbocycles. The van der Waals surface area contributed by atoms with Gasteiger partial charge in [-0.1, -0.05) is 37.6 Å². The average Bonchev–Trinajstić information content (AvgIpc) is 3.25. The van der Waals surface area contributed by atoms with Crippen molar-refractivity contribution in [2.75, 3.05) is 20.3 Å². The number of methoxy groups -OCH3 is 1. The summed E-state index contributed by atoms with van der Waals surface area (Å²) in [5.74, 6) is -0.805. The number of ether oxygens (including phenoxy) is 2. The maximum absolute atomic E-state index is 13.4. The molecule has 0 unspecified atom stereocenters. The lowest BCUT2D eigenvalue weighted by Crippen LogP contribution is -2.61. The number of esters is 1. The number of carbonyl (C=O) groups excluding carboxylic acids is 4. The van der Waals surface area contributed by atoms with Gasteiger partial charge in [-0.2, -0.15) is 0 Å². The lowest BCUT2D eigenvalue weighted by atomic mass is 9.46. The monoisotopic (exact) mass is 593 g/mol. The predicted molar refractivity (Wildman–Crippen MR) is 158 cm³/mol. The van der Waals surface area contributed by atoms with Gasteiger partial charge in [-0.25, -0.2) is 0 Å². The van der Waals surface area contributed by atoms with Crippen molar-refractivity contribution in [2.45, 2.75) is 76.9 Å². The number of benzene rings is 1. The highest BCUT2D eigenvalue weighted by Gasteiger charge is 2.68. The highest BCUT2D eigenvalue weighted by atomic mass is 16.5. The molecular weight excluding hydrogens is 550 g/mol. The minimum absolute atomic E-state index is 0.0107. The number of fused-ring (bicyclic) bond motifs is 5. The van der Waals surface area contributed by atoms with E-state index in [0.717, 1.165) is 29.7 Å². The third kappa shape index (κ3) is 5.69. The number of rotatable bonds is 10. The van der Waals surface area contributed by atoms with E-state index in [1.165, 1.54) is 0 Å². The summed E-state index contributed by atoms with van der Waals surface area (Å²) < 4.78 is 10.4. The van der Waals surface area contributed by atoms with E-state index in [4.69, 9.17) is 9.47 Å². The van der Waals surface area contributed by atoms with Crippen LogP contribution in [0, 0.1) is 28.6 Å². The van der Waals surface area contributed by atoms with Crippen LogP contribution in [0.1, 0.15) is 64.4 Å². The van der Waals surface area contributed by atoms with Crippen molar-refractivity contribution < 1.29 is 38.9 Å². The van der Waals surface area contributed by atoms with Gasteiger partial charge in [0.25, 0.3) is 0 Å². The predicted octanol–water partition coefficient (Wildman–Crippen LogP) is 3.26. The van der Waals surface area contributed by atoms with Crippen LogP contribution in [0.3, 0.4) is 0 Å². The third-order valence-electron chi connectivity index (χ3n) is 10.9. The highest BCUT2D eigenvalue weighted by molar-refractivity contribution is 6.01. The average molecular weight is 594 g/mol. The van der Waals surface area contributed by atoms with Crippen LogP contribution in [-0.4, -0.2) is 65.6 Å². The Balaban J connectivity index is 1.12. The lowest BCUT2D eigenvalue weighted by molar-refractivity contribution is -0.181. The number of aliphatic hydroxyl groups excluding tert-OH is 1. The summed E-state index contributed by atoms with van der Waals surface area (Å²) in [6, 6.07) is 7.55. The molecule has 4 aliphatic rings. The van der Waals surface area contributed by atoms with Gasteiger partial charge >= 0.3 is 5.97 Å². The molecule has 0 radical (unpaired) electrons. The summed E-state index contributed by atoms with van der Waals surface area (Å²) in [7, 11) is 1.60. The number of allylic oxidation sites excluding steroid dienone is 4. The van der Waals surface area contributed by atoms with E-state index < -0.39 is 40.9 Å². The normalized spacial score (nSPS) is 34.3. The van der Waals surface area contributed by atoms with Crippen LogP contribution >= 0.6 is 0 Å². The first-order chi connectivity index (χ1) is 20.4. The standard InChI is InChI=1S/C34H43NO8/c1-32-15-12-23(36)18-22(32)6-9-25-26-13-16-34(41,33(26,2)19-27(37)31(25)32)28(38)20-43-30(40)11-10-29(39)35-17-14-21-4-7-24(42-3)8-5-21/h4-5,7-8,12,15,18,25-27,31,37,41H,6,9-11,13-14,16-17,19-20H2,1-3H3,(H,35,39)/t25-,26+,27-,31+,32-,33-,34-/m0/s1. The topological polar surface area (TPSA) is 139 Å². The largest absolute Gasteiger partial charge is 0.497 e. The van der Waals surface area contributed by atoms with E-state index in [1.807, 2.05) is 37.3 Å². The number of aliphatic hydroxyl groups is 2. The van der Waals surface area contributed by atoms with Crippen molar-refractivity contribution in [3.63, 3.8) is 0 Å². The summed E-state index contributed by atoms with van der Waals surface area (Å²) in [5.41, 5.74) is -0.932. The van der Waals surface area contributed by atoms with E-state index in [1.54, 1.807) is 19.3 Å². The summed E-state index contributed by atoms with van der Waals surface area (Å²) >= 11 is 0. The van der Waals surface area contributed by atoms with E-state index in [-0.39, 0.29) is 55.1 Å². The SMILES string of the molecule is COc1ccc(CCNC(=O)CCC(=O)OCC(=O)[C@@]2(O)CC[C@@H]3[C@@H]4CCC5=CC(=O)C=C[C@]5(C)[C@H]4[C@@H](O)C[C@@]32C)cc1. The maximum Gasteiger partial charge on any atom is 0.306 e. The van der Waals surface area contributed by atoms with Crippen LogP contribution < -0.4 is 10.1 Å². The molecule has 0 aromatic heterocycles. The Hall–Kier alpha value is -3.30. The molecule has 3 saturated carbocycles. The number of nitrogens with one attached hydrogen (secondary N) is 1. The summed E-state index contributed by atoms with van der Waals surface area (Å²) in [5, 5.41) is 26.1. The molecule has 9 heteroatoms. The molecule has 43 heavy (non-hydrogen) atoms. The van der Waals surface area contributed by atoms with Crippen LogP contribution in [0.15, 0.2) is 48.1 Å². The highest BCUT2D eigenvalue weighted by Crippen LogP contribution is 2.67. The molecule has 7 atom stereocenters. The Morgan fingerprint density at radius 1 is 1.09 bits per heavy atom. The van der Waals surface area contributed by atoms with Crippen molar-refractivity contribution in [3.8, 4) is 5.75 Å². The first-order valence-corrected chi connectivity index (χ1v) is 15.3. The van der Waals surface area contributed by atoms with Crippen molar-refractivity contribution in [1.29, 1.82) is 0 Å². The zero-order chi connectivity index (χ0) is 31.0. The van der Waals surface area contributed by atoms with Gasteiger partial charge in [0.05, 0.1) is 19.6 Å². The number of hydrogen-bond donors (Lipinski definition) is 3. The Kier molecular flexibility index (Phi) is 8.69. The van der Waals surface area contributed by atoms with Gasteiger partial charge in [-0.3, -0.25) is 19.2 Å². The number of Topliss-reactive ketones (excluding diaryl/α,β-unsaturated/α-hetero) is 1. The van der Waals surface area contributed by atoms with Crippen molar-refractivity contribution in [1.82, 2.24) is 5.32 Å². The second-order valence-electron chi connectivity index (χ2n) is 13.1. The Labute approximate surface area is 252 Å². The molecule has 0 heterocycles. The first-order valence-electron chi connectivity index (χ1n) is 15.3. The molecule has 232 valence electrons. The van der Waals surface area contributed by atoms with Gasteiger partial charge in [-0.15, -0.1) is 0 Å². The van der Waals surface area contributed by atoms with Gasteiger partial charge < -0.3 is 25.0 Å². The van der Waals surface area contributed by atoms with Gasteiger partial charge in [0.1, 0.15) is 11.4 Å². The molecule has 1 aromatic rings. The number of carbonyl (C=O) groups is 4. The maximum atomic E-state index is 13.4. The van der Waals surface area contributed by atoms with E-state index in [2.05, 4.69) is 12.2 Å². The summed E-state index contributed by atoms with van der Waals surface area (Å²) in [6.07, 6.45) is 7.50. The fourth-order valence-electron chi connectivity index (χ4n) is 8.57. The Morgan fingerprint density at radius 3 is 2.56 bits per heavy atom. The zero-order valence-electron chi connectivity index (χ0n) is 25.3. The number of amides is 1. The quantitative estimate of drug-likeness (QED) is 0.352. The molecule has 3 fully saturated rings. The van der Waals surface area contributed by atoms with E-state index in [9.17, 15) is 29.4 Å². The molecule has 0 aliphatic heterocycles. The van der Waals surface area contributed by atoms with Gasteiger partial charge in [0.2, 0.25) is 11.7 Å². The lowest BCUT2D eigenvalue weighted by Gasteiger charge is -2.59. The van der Waals surface area contributed by atoms with Crippen LogP contribution in [0.5, 0.6) is 5.75 Å². The van der Waals surface area contributed by atoms with Crippen molar-refractivity contribution in [3.05, 3.63) is 53.6 Å². The molecule has 0 spiro atoms. The minimum Gasteiger partial charge on any atom is -0.497 e. The van der Waals surface area contributed by atoms with Crippen LogP contribution in [0.25, 0.3) is 0 Å². The third-order valence-corrected chi connectivity index (χ3v) is 10.9. The minimum atomic E-state index is -1.72. The Morgan fingerprint density at radius 2 is 1.84 bits per heavy atom. The molecule has 5 rings (SSSR count). The second kappa shape index (κ2) is 12.0. The van der Waals surface area contributed by atoms with Gasteiger partial charge in [0.15, 0.2) is 12.4 Å². The van der Waals surface area contributed by atoms with Gasteiger partial charge in [-0.05, 0) is 80.2 Å². The smallest absolute Gasteiger partial charge is 0.306 e. The van der Waals surface area contributed by atoms with E-state index in [0.29, 0.717) is 19.4 Å². The molecular formula is C34H43NO8. The van der Waals surface area contributed by atoms with Crippen LogP contribution in [0.4, 0.5) is 0 Å². The second-order valence-corrected chi connectivity index (χ2v) is 13.1. The zero-order valence-corrected chi connectivity index (χ0v) is 25.3. The van der Waals surface area contributed by atoms with Crippen molar-refractivity contribution in [2.24, 2.45) is 28.6 Å². The molecule has 0 saturated heterocycles. The number of hydrogen-bond acceptors (Lipinski definition) is 8. The molecule has 9 nitrogen and oxygen atoms in total. The summed E-state index contributed by atoms with van der Waals surface area (Å²) in [6.45, 7) is 3.81. The van der Waals surface area contributed by atoms with Crippen molar-refractivity contribution >= 4 is 23.4 Å². The van der Waals surface area contributed by atoms with Crippen LogP contribution in [-0.2, 0) is 30.3 Å². The molecule has 1 amide bonds. The Bertz CT molecular complexity index is 1330. The molecule has 0 bridgehead atoms. The molecule has 3 N–H and O–H groups in total. The fourth-order valence-corrected chi connectivity index (χ4v) is 8.57. The van der Waals surface area contributed by atoms with Crippen LogP contribution in [0.2, 0.25) is 0 Å². The van der Waals surface area contributed by atoms with E-state index >= 15 is 0 Å². The first kappa shape index (κ1) is 31.1. The number of ketones is 2. The fraction of sp³-hybridized carbons (Fsp3) is 0.588. The molecule has 4 aliphatic carbocycles. The van der Waals surface area contributed by atoms with Gasteiger partial charge in [0, 0.05) is 29.7 Å². The summed E-state index contributed by atoms with van der Waals surface area (Å²) in [4.78, 5) is 50.1.